The van der Waals surface area contributed by atoms with Gasteiger partial charge < -0.3 is 5.11 Å². The van der Waals surface area contributed by atoms with Gasteiger partial charge in [-0.2, -0.15) is 0 Å². The highest BCUT2D eigenvalue weighted by Gasteiger charge is 2.16. The zero-order valence-electron chi connectivity index (χ0n) is 11.1. The van der Waals surface area contributed by atoms with E-state index in [0.717, 1.165) is 18.4 Å². The van der Waals surface area contributed by atoms with E-state index in [2.05, 4.69) is 13.8 Å². The summed E-state index contributed by atoms with van der Waals surface area (Å²) >= 11 is 12.0. The van der Waals surface area contributed by atoms with Gasteiger partial charge in [0, 0.05) is 10.0 Å². The van der Waals surface area contributed by atoms with Gasteiger partial charge in [-0.05, 0) is 30.0 Å². The maximum absolute atomic E-state index is 10.3. The second-order valence-corrected chi connectivity index (χ2v) is 5.68. The zero-order valence-corrected chi connectivity index (χ0v) is 12.6. The predicted octanol–water partition coefficient (Wildman–Crippen LogP) is 5.63. The van der Waals surface area contributed by atoms with Crippen molar-refractivity contribution in [2.75, 3.05) is 0 Å². The van der Waals surface area contributed by atoms with Crippen LogP contribution in [0.1, 0.15) is 57.6 Å². The first-order valence-electron chi connectivity index (χ1n) is 6.71. The molecular formula is C15H22Cl2O. The normalized spacial score (nSPS) is 14.5. The summed E-state index contributed by atoms with van der Waals surface area (Å²) in [4.78, 5) is 0. The van der Waals surface area contributed by atoms with E-state index in [1.165, 1.54) is 19.3 Å². The molecule has 18 heavy (non-hydrogen) atoms. The second kappa shape index (κ2) is 8.04. The van der Waals surface area contributed by atoms with Gasteiger partial charge in [-0.1, -0.05) is 68.8 Å². The Hall–Kier alpha value is -0.240. The summed E-state index contributed by atoms with van der Waals surface area (Å²) < 4.78 is 0. The van der Waals surface area contributed by atoms with Crippen molar-refractivity contribution in [1.82, 2.24) is 0 Å². The zero-order chi connectivity index (χ0) is 13.5. The molecule has 0 saturated heterocycles. The van der Waals surface area contributed by atoms with E-state index in [-0.39, 0.29) is 0 Å². The molecule has 3 heteroatoms. The fraction of sp³-hybridized carbons (Fsp3) is 0.600. The molecule has 0 saturated carbocycles. The van der Waals surface area contributed by atoms with Crippen LogP contribution >= 0.6 is 23.2 Å². The monoisotopic (exact) mass is 288 g/mol. The number of halogens is 2. The molecule has 0 amide bonds. The predicted molar refractivity (Wildman–Crippen MR) is 79.3 cm³/mol. The lowest BCUT2D eigenvalue weighted by molar-refractivity contribution is 0.139. The van der Waals surface area contributed by atoms with Crippen LogP contribution in [0.4, 0.5) is 0 Å². The highest BCUT2D eigenvalue weighted by Crippen LogP contribution is 2.32. The van der Waals surface area contributed by atoms with Crippen LogP contribution in [0.3, 0.4) is 0 Å². The minimum absolute atomic E-state index is 0.489. The number of aliphatic hydroxyl groups is 1. The van der Waals surface area contributed by atoms with Crippen molar-refractivity contribution in [1.29, 1.82) is 0 Å². The number of benzene rings is 1. The summed E-state index contributed by atoms with van der Waals surface area (Å²) in [7, 11) is 0. The van der Waals surface area contributed by atoms with Gasteiger partial charge in [0.1, 0.15) is 0 Å². The molecule has 102 valence electrons. The largest absolute Gasteiger partial charge is 0.388 e. The van der Waals surface area contributed by atoms with E-state index in [1.54, 1.807) is 12.1 Å². The van der Waals surface area contributed by atoms with Gasteiger partial charge in [0.15, 0.2) is 0 Å². The van der Waals surface area contributed by atoms with Gasteiger partial charge in [0.25, 0.3) is 0 Å². The lowest BCUT2D eigenvalue weighted by Crippen LogP contribution is -2.07. The molecule has 0 aromatic heterocycles. The number of unbranched alkanes of at least 4 members (excludes halogenated alkanes) is 1. The Kier molecular flexibility index (Phi) is 7.06. The number of hydrogen-bond donors (Lipinski definition) is 1. The highest BCUT2D eigenvalue weighted by molar-refractivity contribution is 6.35. The Morgan fingerprint density at radius 1 is 1.22 bits per heavy atom. The van der Waals surface area contributed by atoms with Gasteiger partial charge >= 0.3 is 0 Å². The Balaban J connectivity index is 2.65. The maximum Gasteiger partial charge on any atom is 0.0807 e. The van der Waals surface area contributed by atoms with Crippen molar-refractivity contribution < 1.29 is 5.11 Å². The molecule has 2 atom stereocenters. The van der Waals surface area contributed by atoms with E-state index < -0.39 is 6.10 Å². The SMILES string of the molecule is CCCCC(CC)CC(O)c1ccc(Cl)cc1Cl. The highest BCUT2D eigenvalue weighted by atomic mass is 35.5. The van der Waals surface area contributed by atoms with Crippen LogP contribution in [0.2, 0.25) is 10.0 Å². The third kappa shape index (κ3) is 4.79. The van der Waals surface area contributed by atoms with Crippen LogP contribution in [0.15, 0.2) is 18.2 Å². The minimum atomic E-state index is -0.489. The second-order valence-electron chi connectivity index (χ2n) is 4.83. The Morgan fingerprint density at radius 3 is 2.50 bits per heavy atom. The fourth-order valence-corrected chi connectivity index (χ4v) is 2.73. The van der Waals surface area contributed by atoms with Crippen molar-refractivity contribution in [3.05, 3.63) is 33.8 Å². The standard InChI is InChI=1S/C15H22Cl2O/c1-3-5-6-11(4-2)9-15(18)13-8-7-12(16)10-14(13)17/h7-8,10-11,15,18H,3-6,9H2,1-2H3. The van der Waals surface area contributed by atoms with Crippen molar-refractivity contribution in [2.24, 2.45) is 5.92 Å². The van der Waals surface area contributed by atoms with E-state index in [1.807, 2.05) is 6.07 Å². The summed E-state index contributed by atoms with van der Waals surface area (Å²) in [5.41, 5.74) is 0.788. The third-order valence-electron chi connectivity index (χ3n) is 3.42. The molecule has 0 bridgehead atoms. The first kappa shape index (κ1) is 15.8. The molecule has 0 aliphatic carbocycles. The number of aliphatic hydroxyl groups excluding tert-OH is 1. The lowest BCUT2D eigenvalue weighted by Gasteiger charge is -2.20. The van der Waals surface area contributed by atoms with Crippen molar-refractivity contribution in [3.8, 4) is 0 Å². The molecule has 2 unspecified atom stereocenters. The molecule has 0 aliphatic heterocycles. The lowest BCUT2D eigenvalue weighted by atomic mass is 9.90. The van der Waals surface area contributed by atoms with Crippen molar-refractivity contribution >= 4 is 23.2 Å². The molecular weight excluding hydrogens is 267 g/mol. The molecule has 1 nitrogen and oxygen atoms in total. The Morgan fingerprint density at radius 2 is 1.94 bits per heavy atom. The minimum Gasteiger partial charge on any atom is -0.388 e. The van der Waals surface area contributed by atoms with E-state index in [0.29, 0.717) is 16.0 Å². The van der Waals surface area contributed by atoms with Crippen molar-refractivity contribution in [2.45, 2.75) is 52.1 Å². The van der Waals surface area contributed by atoms with Gasteiger partial charge in [0.05, 0.1) is 6.10 Å². The first-order valence-corrected chi connectivity index (χ1v) is 7.47. The fourth-order valence-electron chi connectivity index (χ4n) is 2.20. The molecule has 1 aromatic rings. The number of rotatable bonds is 7. The van der Waals surface area contributed by atoms with Crippen LogP contribution in [-0.4, -0.2) is 5.11 Å². The first-order chi connectivity index (χ1) is 8.58. The average molecular weight is 289 g/mol. The van der Waals surface area contributed by atoms with Gasteiger partial charge in [0.2, 0.25) is 0 Å². The third-order valence-corrected chi connectivity index (χ3v) is 3.98. The summed E-state index contributed by atoms with van der Waals surface area (Å²) in [6.45, 7) is 4.37. The molecule has 0 spiro atoms. The average Bonchev–Trinajstić information content (AvgIpc) is 2.34. The Bertz CT molecular complexity index is 366. The van der Waals surface area contributed by atoms with E-state index in [4.69, 9.17) is 23.2 Å². The summed E-state index contributed by atoms with van der Waals surface area (Å²) in [6.07, 6.45) is 4.99. The summed E-state index contributed by atoms with van der Waals surface area (Å²) in [5.74, 6) is 0.562. The smallest absolute Gasteiger partial charge is 0.0807 e. The molecule has 1 aromatic carbocycles. The van der Waals surface area contributed by atoms with Crippen LogP contribution in [0.25, 0.3) is 0 Å². The quantitative estimate of drug-likeness (QED) is 0.689. The number of hydrogen-bond acceptors (Lipinski definition) is 1. The maximum atomic E-state index is 10.3. The van der Waals surface area contributed by atoms with E-state index >= 15 is 0 Å². The van der Waals surface area contributed by atoms with Crippen LogP contribution in [0, 0.1) is 5.92 Å². The molecule has 1 N–H and O–H groups in total. The summed E-state index contributed by atoms with van der Waals surface area (Å²) in [5, 5.41) is 11.4. The molecule has 0 heterocycles. The van der Waals surface area contributed by atoms with E-state index in [9.17, 15) is 5.11 Å². The molecule has 1 rings (SSSR count). The van der Waals surface area contributed by atoms with Crippen molar-refractivity contribution in [3.63, 3.8) is 0 Å². The molecule has 0 radical (unpaired) electrons. The van der Waals surface area contributed by atoms with Crippen LogP contribution in [0.5, 0.6) is 0 Å². The van der Waals surface area contributed by atoms with Gasteiger partial charge in [-0.15, -0.1) is 0 Å². The Labute approximate surface area is 120 Å². The van der Waals surface area contributed by atoms with Gasteiger partial charge in [-0.25, -0.2) is 0 Å². The van der Waals surface area contributed by atoms with Gasteiger partial charge in [-0.3, -0.25) is 0 Å². The topological polar surface area (TPSA) is 20.2 Å². The summed E-state index contributed by atoms with van der Waals surface area (Å²) in [6, 6.07) is 5.29. The molecule has 0 aliphatic rings. The molecule has 0 fully saturated rings. The van der Waals surface area contributed by atoms with Crippen LogP contribution < -0.4 is 0 Å². The van der Waals surface area contributed by atoms with Crippen LogP contribution in [-0.2, 0) is 0 Å².